The molecule has 0 fully saturated rings. The number of rotatable bonds is 4. The lowest BCUT2D eigenvalue weighted by Crippen LogP contribution is -2.09. The summed E-state index contributed by atoms with van der Waals surface area (Å²) in [6.45, 7) is 17.2. The Kier molecular flexibility index (Phi) is 12.3. The van der Waals surface area contributed by atoms with Crippen molar-refractivity contribution in [2.24, 2.45) is 0 Å². The van der Waals surface area contributed by atoms with E-state index in [2.05, 4.69) is 88.9 Å². The van der Waals surface area contributed by atoms with Gasteiger partial charge < -0.3 is 4.90 Å². The number of hydrogen-bond acceptors (Lipinski definition) is 4. The molecule has 0 bridgehead atoms. The third kappa shape index (κ3) is 8.97. The van der Waals surface area contributed by atoms with Gasteiger partial charge in [-0.3, -0.25) is 0 Å². The summed E-state index contributed by atoms with van der Waals surface area (Å²) >= 11 is 13.4. The Balaban J connectivity index is 0.000000206. The summed E-state index contributed by atoms with van der Waals surface area (Å²) in [5.74, 6) is 1.45. The van der Waals surface area contributed by atoms with E-state index in [0.29, 0.717) is 28.3 Å². The number of aromatic nitrogens is 1. The molecule has 39 heavy (non-hydrogen) atoms. The third-order valence-electron chi connectivity index (χ3n) is 6.54. The highest BCUT2D eigenvalue weighted by molar-refractivity contribution is 7.13. The van der Waals surface area contributed by atoms with Crippen LogP contribution in [0.25, 0.3) is 10.1 Å². The normalized spacial score (nSPS) is 10.7. The van der Waals surface area contributed by atoms with Gasteiger partial charge in [0.05, 0.1) is 22.0 Å². The number of nitriles is 1. The summed E-state index contributed by atoms with van der Waals surface area (Å²) in [4.78, 5) is 2.09. The Morgan fingerprint density at radius 2 is 1.41 bits per heavy atom. The van der Waals surface area contributed by atoms with Gasteiger partial charge in [0, 0.05) is 35.2 Å². The number of fused-ring (bicyclic) bond motifs is 1. The van der Waals surface area contributed by atoms with Crippen LogP contribution in [-0.4, -0.2) is 18.5 Å². The highest BCUT2D eigenvalue weighted by Crippen LogP contribution is 2.30. The van der Waals surface area contributed by atoms with Gasteiger partial charge in [0.25, 0.3) is 0 Å². The highest BCUT2D eigenvalue weighted by Gasteiger charge is 2.09. The lowest BCUT2D eigenvalue weighted by molar-refractivity contribution is 0.859. The maximum Gasteiger partial charge on any atom is 0.0995 e. The molecule has 0 saturated heterocycles. The first-order chi connectivity index (χ1) is 18.3. The molecule has 0 amide bonds. The van der Waals surface area contributed by atoms with Crippen molar-refractivity contribution in [3.8, 4) is 6.07 Å². The summed E-state index contributed by atoms with van der Waals surface area (Å²) in [5, 5.41) is 11.6. The van der Waals surface area contributed by atoms with E-state index in [1.165, 1.54) is 32.5 Å². The molecular weight excluding hydrogens is 541 g/mol. The van der Waals surface area contributed by atoms with E-state index in [4.69, 9.17) is 28.5 Å². The predicted octanol–water partition coefficient (Wildman–Crippen LogP) is 10.9. The fourth-order valence-electron chi connectivity index (χ4n) is 4.23. The summed E-state index contributed by atoms with van der Waals surface area (Å²) in [6, 6.07) is 18.3. The summed E-state index contributed by atoms with van der Waals surface area (Å²) in [5.41, 5.74) is 8.14. The number of anilines is 1. The first kappa shape index (κ1) is 32.6. The molecule has 0 unspecified atom stereocenters. The number of benzene rings is 3. The fraction of sp³-hybridized carbons (Fsp3) is 0.394. The van der Waals surface area contributed by atoms with Gasteiger partial charge >= 0.3 is 0 Å². The average Bonchev–Trinajstić information content (AvgIpc) is 3.23. The van der Waals surface area contributed by atoms with Crippen molar-refractivity contribution in [2.45, 2.75) is 73.1 Å². The molecule has 0 saturated carbocycles. The minimum atomic E-state index is 0.372. The lowest BCUT2D eigenvalue weighted by Gasteiger charge is -2.16. The van der Waals surface area contributed by atoms with Crippen LogP contribution in [-0.2, 0) is 0 Å². The lowest BCUT2D eigenvalue weighted by atomic mass is 9.96. The summed E-state index contributed by atoms with van der Waals surface area (Å²) in [6.07, 6.45) is 0. The quantitative estimate of drug-likeness (QED) is 0.240. The van der Waals surface area contributed by atoms with E-state index in [1.54, 1.807) is 17.6 Å². The Bertz CT molecular complexity index is 1430. The molecule has 0 N–H and O–H groups in total. The molecule has 4 aromatic rings. The van der Waals surface area contributed by atoms with Gasteiger partial charge in [-0.1, -0.05) is 70.8 Å². The van der Waals surface area contributed by atoms with Crippen LogP contribution in [0.1, 0.15) is 92.8 Å². The molecule has 3 nitrogen and oxygen atoms in total. The Morgan fingerprint density at radius 1 is 0.795 bits per heavy atom. The largest absolute Gasteiger partial charge is 0.378 e. The molecule has 0 aliphatic carbocycles. The second-order valence-corrected chi connectivity index (χ2v) is 12.5. The van der Waals surface area contributed by atoms with Crippen molar-refractivity contribution in [2.75, 3.05) is 19.0 Å². The molecule has 6 heteroatoms. The van der Waals surface area contributed by atoms with Crippen LogP contribution in [0.2, 0.25) is 10.0 Å². The molecule has 1 heterocycles. The molecule has 0 spiro atoms. The first-order valence-corrected chi connectivity index (χ1v) is 14.8. The van der Waals surface area contributed by atoms with Crippen LogP contribution < -0.4 is 4.90 Å². The van der Waals surface area contributed by atoms with E-state index in [9.17, 15) is 0 Å². The van der Waals surface area contributed by atoms with Crippen LogP contribution in [0, 0.1) is 25.2 Å². The van der Waals surface area contributed by atoms with Gasteiger partial charge in [0.2, 0.25) is 0 Å². The van der Waals surface area contributed by atoms with Crippen LogP contribution in [0.5, 0.6) is 0 Å². The van der Waals surface area contributed by atoms with Crippen LogP contribution in [0.3, 0.4) is 0 Å². The maximum absolute atomic E-state index is 8.78. The predicted molar refractivity (Wildman–Crippen MR) is 173 cm³/mol. The first-order valence-electron chi connectivity index (χ1n) is 13.3. The third-order valence-corrected chi connectivity index (χ3v) is 8.02. The van der Waals surface area contributed by atoms with E-state index >= 15 is 0 Å². The van der Waals surface area contributed by atoms with Crippen molar-refractivity contribution in [3.05, 3.63) is 92.1 Å². The number of hydrogen-bond donors (Lipinski definition) is 0. The van der Waals surface area contributed by atoms with E-state index in [0.717, 1.165) is 16.3 Å². The summed E-state index contributed by atoms with van der Waals surface area (Å²) in [7, 11) is 4.07. The standard InChI is InChI=1S/C12H15NS.C11H16ClN.C10H10ClN/c1-7(2)10-6-11-9(4)13-14-12(11)5-8(10)3;1-8(2)10-7-9(13(3)4)5-6-11(10)12;1-7(2)10-4-3-9(11)5-8(10)6-12/h5-7H,1-4H3;5-8H,1-4H3;3-5,7H,1-2H3. The van der Waals surface area contributed by atoms with E-state index < -0.39 is 0 Å². The Labute approximate surface area is 249 Å². The molecule has 4 rings (SSSR count). The zero-order valence-corrected chi connectivity index (χ0v) is 27.2. The molecule has 0 atom stereocenters. The SMILES string of the molecule is CC(C)c1cc(N(C)C)ccc1Cl.CC(C)c1ccc(Cl)cc1C#N.Cc1cc2snc(C)c2cc1C(C)C. The number of aryl methyl sites for hydroxylation is 2. The second kappa shape index (κ2) is 14.7. The van der Waals surface area contributed by atoms with Crippen molar-refractivity contribution in [1.29, 1.82) is 5.26 Å². The van der Waals surface area contributed by atoms with Crippen LogP contribution in [0.15, 0.2) is 48.5 Å². The van der Waals surface area contributed by atoms with Crippen molar-refractivity contribution >= 4 is 50.5 Å². The average molecular weight is 583 g/mol. The number of nitrogens with zero attached hydrogens (tertiary/aromatic N) is 3. The van der Waals surface area contributed by atoms with Gasteiger partial charge in [-0.2, -0.15) is 9.64 Å². The second-order valence-electron chi connectivity index (χ2n) is 10.9. The minimum Gasteiger partial charge on any atom is -0.378 e. The Hall–Kier alpha value is -2.58. The maximum atomic E-state index is 8.78. The van der Waals surface area contributed by atoms with Gasteiger partial charge in [0.15, 0.2) is 0 Å². The van der Waals surface area contributed by atoms with Crippen LogP contribution >= 0.6 is 34.7 Å². The number of halogens is 2. The smallest absolute Gasteiger partial charge is 0.0995 e. The molecule has 1 aromatic heterocycles. The molecule has 208 valence electrons. The molecule has 0 aliphatic rings. The van der Waals surface area contributed by atoms with Gasteiger partial charge in [-0.05, 0) is 108 Å². The van der Waals surface area contributed by atoms with E-state index in [1.807, 2.05) is 38.4 Å². The van der Waals surface area contributed by atoms with Crippen LogP contribution in [0.4, 0.5) is 5.69 Å². The van der Waals surface area contributed by atoms with Gasteiger partial charge in [-0.25, -0.2) is 0 Å². The fourth-order valence-corrected chi connectivity index (χ4v) is 5.60. The zero-order chi connectivity index (χ0) is 29.4. The van der Waals surface area contributed by atoms with Gasteiger partial charge in [0.1, 0.15) is 0 Å². The molecule has 0 radical (unpaired) electrons. The van der Waals surface area contributed by atoms with Crippen molar-refractivity contribution < 1.29 is 0 Å². The molecular formula is C33H41Cl2N3S. The monoisotopic (exact) mass is 581 g/mol. The molecule has 3 aromatic carbocycles. The molecule has 0 aliphatic heterocycles. The highest BCUT2D eigenvalue weighted by atomic mass is 35.5. The van der Waals surface area contributed by atoms with Gasteiger partial charge in [-0.15, -0.1) is 0 Å². The zero-order valence-electron chi connectivity index (χ0n) is 24.9. The van der Waals surface area contributed by atoms with Crippen molar-refractivity contribution in [1.82, 2.24) is 4.37 Å². The summed E-state index contributed by atoms with van der Waals surface area (Å²) < 4.78 is 5.69. The minimum absolute atomic E-state index is 0.372. The topological polar surface area (TPSA) is 39.9 Å². The van der Waals surface area contributed by atoms with E-state index in [-0.39, 0.29) is 0 Å². The Morgan fingerprint density at radius 3 is 1.95 bits per heavy atom. The van der Waals surface area contributed by atoms with Crippen molar-refractivity contribution in [3.63, 3.8) is 0 Å².